The number of nitrogens with two attached hydrogens (primary N) is 1. The normalized spacial score (nSPS) is 12.7. The first kappa shape index (κ1) is 13.2. The number of rotatable bonds is 1. The van der Waals surface area contributed by atoms with E-state index in [9.17, 15) is 0 Å². The molecule has 1 heteroatoms. The van der Waals surface area contributed by atoms with Gasteiger partial charge in [-0.05, 0) is 11.0 Å². The minimum absolute atomic E-state index is 0.124. The van der Waals surface area contributed by atoms with Crippen molar-refractivity contribution in [3.8, 4) is 0 Å². The predicted molar refractivity (Wildman–Crippen MR) is 64.2 cm³/mol. The van der Waals surface area contributed by atoms with Crippen molar-refractivity contribution in [2.24, 2.45) is 11.1 Å². The molecule has 14 heavy (non-hydrogen) atoms. The molecule has 0 aliphatic heterocycles. The zero-order chi connectivity index (χ0) is 11.2. The van der Waals surface area contributed by atoms with Crippen molar-refractivity contribution in [2.75, 3.05) is 0 Å². The third-order valence-electron chi connectivity index (χ3n) is 2.09. The van der Waals surface area contributed by atoms with Gasteiger partial charge in [-0.1, -0.05) is 65.0 Å². The molecule has 1 rings (SSSR count). The Bertz CT molecular complexity index is 233. The second-order valence-corrected chi connectivity index (χ2v) is 4.25. The number of benzene rings is 1. The molecule has 1 nitrogen and oxygen atoms in total. The van der Waals surface area contributed by atoms with Crippen molar-refractivity contribution >= 4 is 0 Å². The molecular weight excluding hydrogens is 170 g/mol. The van der Waals surface area contributed by atoms with Crippen LogP contribution >= 0.6 is 0 Å². The maximum Gasteiger partial charge on any atom is 0.0344 e. The molecular formula is C13H23N. The van der Waals surface area contributed by atoms with Crippen LogP contribution in [0, 0.1) is 5.41 Å². The van der Waals surface area contributed by atoms with E-state index in [0.717, 1.165) is 0 Å². The molecule has 0 amide bonds. The Morgan fingerprint density at radius 2 is 1.43 bits per heavy atom. The lowest BCUT2D eigenvalue weighted by atomic mass is 9.83. The summed E-state index contributed by atoms with van der Waals surface area (Å²) in [6, 6.07) is 10.4. The van der Waals surface area contributed by atoms with Gasteiger partial charge in [0, 0.05) is 6.04 Å². The van der Waals surface area contributed by atoms with Crippen LogP contribution in [0.25, 0.3) is 0 Å². The molecule has 0 radical (unpaired) electrons. The fourth-order valence-electron chi connectivity index (χ4n) is 1.16. The summed E-state index contributed by atoms with van der Waals surface area (Å²) in [6.45, 7) is 10.5. The number of hydrogen-bond acceptors (Lipinski definition) is 1. The van der Waals surface area contributed by atoms with Gasteiger partial charge in [0.1, 0.15) is 0 Å². The smallest absolute Gasteiger partial charge is 0.0344 e. The third kappa shape index (κ3) is 3.93. The zero-order valence-corrected chi connectivity index (χ0v) is 10.0. The van der Waals surface area contributed by atoms with Gasteiger partial charge >= 0.3 is 0 Å². The largest absolute Gasteiger partial charge is 0.324 e. The molecule has 1 aromatic rings. The summed E-state index contributed by atoms with van der Waals surface area (Å²) in [4.78, 5) is 0. The summed E-state index contributed by atoms with van der Waals surface area (Å²) >= 11 is 0. The molecule has 0 aromatic heterocycles. The first-order valence-corrected chi connectivity index (χ1v) is 5.32. The number of hydrogen-bond donors (Lipinski definition) is 1. The lowest BCUT2D eigenvalue weighted by Crippen LogP contribution is -2.25. The van der Waals surface area contributed by atoms with E-state index in [-0.39, 0.29) is 11.5 Å². The SMILES string of the molecule is CC.CC(C)(C)C(N)c1ccccc1. The van der Waals surface area contributed by atoms with Gasteiger partial charge in [0.15, 0.2) is 0 Å². The highest BCUT2D eigenvalue weighted by Gasteiger charge is 2.21. The van der Waals surface area contributed by atoms with Crippen LogP contribution in [0.1, 0.15) is 46.2 Å². The first-order valence-electron chi connectivity index (χ1n) is 5.32. The highest BCUT2D eigenvalue weighted by molar-refractivity contribution is 5.19. The van der Waals surface area contributed by atoms with Crippen LogP contribution < -0.4 is 5.73 Å². The van der Waals surface area contributed by atoms with E-state index >= 15 is 0 Å². The van der Waals surface area contributed by atoms with Crippen molar-refractivity contribution in [3.63, 3.8) is 0 Å². The molecule has 0 aliphatic carbocycles. The molecule has 80 valence electrons. The van der Waals surface area contributed by atoms with Crippen molar-refractivity contribution in [3.05, 3.63) is 35.9 Å². The Labute approximate surface area is 88.3 Å². The summed E-state index contributed by atoms with van der Waals surface area (Å²) in [6.07, 6.45) is 0. The van der Waals surface area contributed by atoms with Crippen LogP contribution in [0.2, 0.25) is 0 Å². The fraction of sp³-hybridized carbons (Fsp3) is 0.538. The van der Waals surface area contributed by atoms with Crippen LogP contribution in [0.4, 0.5) is 0 Å². The predicted octanol–water partition coefficient (Wildman–Crippen LogP) is 3.76. The van der Waals surface area contributed by atoms with E-state index < -0.39 is 0 Å². The lowest BCUT2D eigenvalue weighted by molar-refractivity contribution is 0.327. The molecule has 0 heterocycles. The molecule has 1 unspecified atom stereocenters. The summed E-state index contributed by atoms with van der Waals surface area (Å²) in [5.74, 6) is 0. The Hall–Kier alpha value is -0.820. The van der Waals surface area contributed by atoms with Crippen LogP contribution in [-0.2, 0) is 0 Å². The minimum atomic E-state index is 0.124. The molecule has 0 saturated carbocycles. The van der Waals surface area contributed by atoms with E-state index in [1.165, 1.54) is 5.56 Å². The summed E-state index contributed by atoms with van der Waals surface area (Å²) in [5, 5.41) is 0. The maximum absolute atomic E-state index is 6.07. The van der Waals surface area contributed by atoms with Crippen LogP contribution in [0.3, 0.4) is 0 Å². The van der Waals surface area contributed by atoms with Crippen LogP contribution in [0.5, 0.6) is 0 Å². The van der Waals surface area contributed by atoms with Crippen molar-refractivity contribution in [1.82, 2.24) is 0 Å². The summed E-state index contributed by atoms with van der Waals surface area (Å²) in [5.41, 5.74) is 7.43. The monoisotopic (exact) mass is 193 g/mol. The van der Waals surface area contributed by atoms with Crippen LogP contribution in [0.15, 0.2) is 30.3 Å². The molecule has 1 atom stereocenters. The van der Waals surface area contributed by atoms with E-state index in [0.29, 0.717) is 0 Å². The molecule has 0 spiro atoms. The highest BCUT2D eigenvalue weighted by Crippen LogP contribution is 2.29. The average Bonchev–Trinajstić information content (AvgIpc) is 2.20. The quantitative estimate of drug-likeness (QED) is 0.722. The van der Waals surface area contributed by atoms with Crippen molar-refractivity contribution in [1.29, 1.82) is 0 Å². The van der Waals surface area contributed by atoms with Gasteiger partial charge in [0.05, 0.1) is 0 Å². The molecule has 0 aliphatic rings. The summed E-state index contributed by atoms with van der Waals surface area (Å²) in [7, 11) is 0. The van der Waals surface area contributed by atoms with Gasteiger partial charge in [-0.2, -0.15) is 0 Å². The topological polar surface area (TPSA) is 26.0 Å². The second-order valence-electron chi connectivity index (χ2n) is 4.25. The van der Waals surface area contributed by atoms with E-state index in [2.05, 4.69) is 32.9 Å². The van der Waals surface area contributed by atoms with Gasteiger partial charge < -0.3 is 5.73 Å². The molecule has 0 bridgehead atoms. The molecule has 2 N–H and O–H groups in total. The standard InChI is InChI=1S/C11H17N.C2H6/c1-11(2,3)10(12)9-7-5-4-6-8-9;1-2/h4-8,10H,12H2,1-3H3;1-2H3. The Kier molecular flexibility index (Phi) is 5.47. The Morgan fingerprint density at radius 3 is 1.79 bits per heavy atom. The Balaban J connectivity index is 0.000000791. The van der Waals surface area contributed by atoms with Gasteiger partial charge in [0.2, 0.25) is 0 Å². The van der Waals surface area contributed by atoms with Crippen molar-refractivity contribution < 1.29 is 0 Å². The first-order chi connectivity index (χ1) is 6.52. The Morgan fingerprint density at radius 1 is 1.00 bits per heavy atom. The molecule has 1 aromatic carbocycles. The van der Waals surface area contributed by atoms with Gasteiger partial charge in [0.25, 0.3) is 0 Å². The van der Waals surface area contributed by atoms with E-state index in [4.69, 9.17) is 5.73 Å². The van der Waals surface area contributed by atoms with Crippen LogP contribution in [-0.4, -0.2) is 0 Å². The summed E-state index contributed by atoms with van der Waals surface area (Å²) < 4.78 is 0. The van der Waals surface area contributed by atoms with Gasteiger partial charge in [-0.15, -0.1) is 0 Å². The van der Waals surface area contributed by atoms with Crippen molar-refractivity contribution in [2.45, 2.75) is 40.7 Å². The minimum Gasteiger partial charge on any atom is -0.324 e. The van der Waals surface area contributed by atoms with Gasteiger partial charge in [-0.3, -0.25) is 0 Å². The lowest BCUT2D eigenvalue weighted by Gasteiger charge is -2.27. The second kappa shape index (κ2) is 5.82. The fourth-order valence-corrected chi connectivity index (χ4v) is 1.16. The van der Waals surface area contributed by atoms with Gasteiger partial charge in [-0.25, -0.2) is 0 Å². The molecule has 0 saturated heterocycles. The third-order valence-corrected chi connectivity index (χ3v) is 2.09. The van der Waals surface area contributed by atoms with E-state index in [1.54, 1.807) is 0 Å². The highest BCUT2D eigenvalue weighted by atomic mass is 14.7. The average molecular weight is 193 g/mol. The van der Waals surface area contributed by atoms with E-state index in [1.807, 2.05) is 32.0 Å². The molecule has 0 fully saturated rings. The maximum atomic E-state index is 6.07. The zero-order valence-electron chi connectivity index (χ0n) is 10.0.